The number of anilines is 1. The molecule has 3 aromatic rings. The van der Waals surface area contributed by atoms with Crippen LogP contribution in [0, 0.1) is 0 Å². The highest BCUT2D eigenvalue weighted by atomic mass is 16.5. The molecule has 2 heterocycles. The van der Waals surface area contributed by atoms with Crippen LogP contribution in [0.3, 0.4) is 0 Å². The van der Waals surface area contributed by atoms with E-state index < -0.39 is 0 Å². The average Bonchev–Trinajstić information content (AvgIpc) is 3.04. The van der Waals surface area contributed by atoms with Gasteiger partial charge in [0.15, 0.2) is 0 Å². The average molecular weight is 362 g/mol. The smallest absolute Gasteiger partial charge is 0.253 e. The van der Waals surface area contributed by atoms with Crippen LogP contribution in [0.4, 0.5) is 5.95 Å². The molecular formula is C21H22N4O2. The van der Waals surface area contributed by atoms with E-state index in [-0.39, 0.29) is 11.9 Å². The molecule has 4 rings (SSSR count). The summed E-state index contributed by atoms with van der Waals surface area (Å²) >= 11 is 0. The SMILES string of the molecule is COc1ccccc1C1C(C(=O)N(C)C)=C(C)Nc2nc3ccccc3n21. The number of ether oxygens (including phenoxy) is 1. The molecule has 0 spiro atoms. The predicted molar refractivity (Wildman–Crippen MR) is 106 cm³/mol. The molecule has 0 fully saturated rings. The number of methoxy groups -OCH3 is 1. The van der Waals surface area contributed by atoms with Crippen molar-refractivity contribution >= 4 is 22.9 Å². The third-order valence-corrected chi connectivity index (χ3v) is 4.90. The number of nitrogens with one attached hydrogen (secondary N) is 1. The minimum absolute atomic E-state index is 0.0423. The van der Waals surface area contributed by atoms with Gasteiger partial charge in [-0.1, -0.05) is 30.3 Å². The van der Waals surface area contributed by atoms with Crippen LogP contribution in [0.1, 0.15) is 18.5 Å². The van der Waals surface area contributed by atoms with Gasteiger partial charge in [-0.2, -0.15) is 0 Å². The second-order valence-corrected chi connectivity index (χ2v) is 6.80. The number of carbonyl (C=O) groups excluding carboxylic acids is 1. The molecule has 6 nitrogen and oxygen atoms in total. The van der Waals surface area contributed by atoms with Crippen LogP contribution in [0.5, 0.6) is 5.75 Å². The number of aromatic nitrogens is 2. The number of para-hydroxylation sites is 3. The summed E-state index contributed by atoms with van der Waals surface area (Å²) in [4.78, 5) is 19.4. The summed E-state index contributed by atoms with van der Waals surface area (Å²) in [7, 11) is 5.18. The van der Waals surface area contributed by atoms with E-state index >= 15 is 0 Å². The Kier molecular flexibility index (Phi) is 4.11. The number of allylic oxidation sites excluding steroid dienone is 1. The zero-order valence-electron chi connectivity index (χ0n) is 15.9. The van der Waals surface area contributed by atoms with Gasteiger partial charge in [-0.15, -0.1) is 0 Å². The maximum absolute atomic E-state index is 13.1. The van der Waals surface area contributed by atoms with Crippen LogP contribution in [-0.2, 0) is 4.79 Å². The first-order valence-electron chi connectivity index (χ1n) is 8.82. The number of imidazole rings is 1. The van der Waals surface area contributed by atoms with Crippen LogP contribution in [0.25, 0.3) is 11.0 Å². The maximum atomic E-state index is 13.1. The number of nitrogens with zero attached hydrogens (tertiary/aromatic N) is 3. The van der Waals surface area contributed by atoms with E-state index in [9.17, 15) is 4.79 Å². The standard InChI is InChI=1S/C21H22N4O2/c1-13-18(20(26)24(2)3)19(14-9-5-8-12-17(14)27-4)25-16-11-7-6-10-15(16)23-21(25)22-13/h5-12,19H,1-4H3,(H,22,23). The zero-order valence-corrected chi connectivity index (χ0v) is 15.9. The molecule has 0 saturated carbocycles. The lowest BCUT2D eigenvalue weighted by Gasteiger charge is -2.32. The van der Waals surface area contributed by atoms with Crippen molar-refractivity contribution in [3.05, 3.63) is 65.4 Å². The van der Waals surface area contributed by atoms with Crippen molar-refractivity contribution in [2.75, 3.05) is 26.5 Å². The van der Waals surface area contributed by atoms with Crippen LogP contribution < -0.4 is 10.1 Å². The molecule has 27 heavy (non-hydrogen) atoms. The molecule has 0 radical (unpaired) electrons. The number of hydrogen-bond acceptors (Lipinski definition) is 4. The van der Waals surface area contributed by atoms with Gasteiger partial charge in [0.1, 0.15) is 5.75 Å². The Hall–Kier alpha value is -3.28. The summed E-state index contributed by atoms with van der Waals surface area (Å²) in [5, 5.41) is 3.32. The first kappa shape index (κ1) is 17.1. The van der Waals surface area contributed by atoms with Crippen LogP contribution in [0.15, 0.2) is 59.8 Å². The van der Waals surface area contributed by atoms with Crippen molar-refractivity contribution in [3.8, 4) is 5.75 Å². The second kappa shape index (κ2) is 6.46. The Balaban J connectivity index is 2.05. The van der Waals surface area contributed by atoms with Gasteiger partial charge >= 0.3 is 0 Å². The molecule has 138 valence electrons. The fourth-order valence-electron chi connectivity index (χ4n) is 3.67. The highest BCUT2D eigenvalue weighted by Crippen LogP contribution is 2.42. The molecular weight excluding hydrogens is 340 g/mol. The Bertz CT molecular complexity index is 1060. The summed E-state index contributed by atoms with van der Waals surface area (Å²) in [5.41, 5.74) is 4.25. The van der Waals surface area contributed by atoms with Gasteiger partial charge in [-0.05, 0) is 25.1 Å². The molecule has 6 heteroatoms. The molecule has 1 amide bonds. The fourth-order valence-corrected chi connectivity index (χ4v) is 3.67. The van der Waals surface area contributed by atoms with Crippen LogP contribution >= 0.6 is 0 Å². The van der Waals surface area contributed by atoms with Crippen molar-refractivity contribution in [1.29, 1.82) is 0 Å². The number of amides is 1. The Labute approximate surface area is 158 Å². The second-order valence-electron chi connectivity index (χ2n) is 6.80. The topological polar surface area (TPSA) is 59.4 Å². The van der Waals surface area contributed by atoms with Crippen molar-refractivity contribution in [3.63, 3.8) is 0 Å². The monoisotopic (exact) mass is 362 g/mol. The normalized spacial score (nSPS) is 16.1. The number of benzene rings is 2. The zero-order chi connectivity index (χ0) is 19.1. The largest absolute Gasteiger partial charge is 0.496 e. The minimum Gasteiger partial charge on any atom is -0.496 e. The fraction of sp³-hybridized carbons (Fsp3) is 0.238. The summed E-state index contributed by atoms with van der Waals surface area (Å²) in [6, 6.07) is 15.4. The Morgan fingerprint density at radius 3 is 2.59 bits per heavy atom. The summed E-state index contributed by atoms with van der Waals surface area (Å²) in [6.45, 7) is 1.92. The maximum Gasteiger partial charge on any atom is 0.253 e. The van der Waals surface area contributed by atoms with Crippen LogP contribution in [-0.4, -0.2) is 41.6 Å². The molecule has 0 aliphatic carbocycles. The van der Waals surface area contributed by atoms with Gasteiger partial charge in [0.2, 0.25) is 5.95 Å². The van der Waals surface area contributed by atoms with Crippen molar-refractivity contribution in [1.82, 2.24) is 14.5 Å². The van der Waals surface area contributed by atoms with E-state index in [0.29, 0.717) is 5.57 Å². The van der Waals surface area contributed by atoms with Crippen molar-refractivity contribution < 1.29 is 9.53 Å². The Morgan fingerprint density at radius 1 is 1.15 bits per heavy atom. The summed E-state index contributed by atoms with van der Waals surface area (Å²) in [6.07, 6.45) is 0. The van der Waals surface area contributed by atoms with E-state index in [0.717, 1.165) is 34.0 Å². The minimum atomic E-state index is -0.334. The van der Waals surface area contributed by atoms with E-state index in [1.54, 1.807) is 26.1 Å². The molecule has 1 N–H and O–H groups in total. The highest BCUT2D eigenvalue weighted by Gasteiger charge is 2.36. The van der Waals surface area contributed by atoms with Gasteiger partial charge in [0.05, 0.1) is 29.8 Å². The third kappa shape index (κ3) is 2.65. The van der Waals surface area contributed by atoms with E-state index in [2.05, 4.69) is 9.88 Å². The predicted octanol–water partition coefficient (Wildman–Crippen LogP) is 3.42. The number of fused-ring (bicyclic) bond motifs is 3. The van der Waals surface area contributed by atoms with Crippen molar-refractivity contribution in [2.45, 2.75) is 13.0 Å². The molecule has 1 aromatic heterocycles. The third-order valence-electron chi connectivity index (χ3n) is 4.90. The number of likely N-dealkylation sites (N-methyl/N-ethyl adjacent to an activating group) is 1. The van der Waals surface area contributed by atoms with Crippen molar-refractivity contribution in [2.24, 2.45) is 0 Å². The van der Waals surface area contributed by atoms with Gasteiger partial charge < -0.3 is 15.0 Å². The molecule has 1 aliphatic heterocycles. The van der Waals surface area contributed by atoms with E-state index in [4.69, 9.17) is 9.72 Å². The quantitative estimate of drug-likeness (QED) is 0.776. The molecule has 0 saturated heterocycles. The number of carbonyl (C=O) groups is 1. The highest BCUT2D eigenvalue weighted by molar-refractivity contribution is 5.97. The Morgan fingerprint density at radius 2 is 1.85 bits per heavy atom. The van der Waals surface area contributed by atoms with Gasteiger partial charge in [0, 0.05) is 25.4 Å². The number of hydrogen-bond donors (Lipinski definition) is 1. The van der Waals surface area contributed by atoms with Gasteiger partial charge in [-0.25, -0.2) is 4.98 Å². The van der Waals surface area contributed by atoms with Crippen LogP contribution in [0.2, 0.25) is 0 Å². The van der Waals surface area contributed by atoms with E-state index in [1.807, 2.05) is 55.5 Å². The molecule has 1 aliphatic rings. The molecule has 1 atom stereocenters. The molecule has 0 bridgehead atoms. The lowest BCUT2D eigenvalue weighted by atomic mass is 9.93. The van der Waals surface area contributed by atoms with Gasteiger partial charge in [0.25, 0.3) is 5.91 Å². The lowest BCUT2D eigenvalue weighted by molar-refractivity contribution is -0.125. The summed E-state index contributed by atoms with van der Waals surface area (Å²) < 4.78 is 7.70. The first-order valence-corrected chi connectivity index (χ1v) is 8.82. The lowest BCUT2D eigenvalue weighted by Crippen LogP contribution is -2.34. The molecule has 1 unspecified atom stereocenters. The first-order chi connectivity index (χ1) is 13.0. The van der Waals surface area contributed by atoms with Gasteiger partial charge in [-0.3, -0.25) is 9.36 Å². The number of rotatable bonds is 3. The summed E-state index contributed by atoms with van der Waals surface area (Å²) in [5.74, 6) is 1.42. The molecule has 2 aromatic carbocycles. The van der Waals surface area contributed by atoms with E-state index in [1.165, 1.54) is 0 Å².